The molecule has 10 aromatic rings. The van der Waals surface area contributed by atoms with Gasteiger partial charge < -0.3 is 9.13 Å². The monoisotopic (exact) mass is 654 g/mol. The Balaban J connectivity index is 0.853. The number of hydrogen-bond donors (Lipinski definition) is 0. The maximum absolute atomic E-state index is 4.35. The van der Waals surface area contributed by atoms with Crippen LogP contribution in [0.5, 0.6) is 0 Å². The number of benzene rings is 4. The van der Waals surface area contributed by atoms with Crippen molar-refractivity contribution in [2.75, 3.05) is 0 Å². The van der Waals surface area contributed by atoms with E-state index in [9.17, 15) is 0 Å². The Labute approximate surface area is 294 Å². The number of pyridine rings is 4. The van der Waals surface area contributed by atoms with Crippen LogP contribution in [0.15, 0.2) is 171 Å². The van der Waals surface area contributed by atoms with Crippen molar-refractivity contribution in [3.8, 4) is 33.6 Å². The fourth-order valence-electron chi connectivity index (χ4n) is 7.45. The van der Waals surface area contributed by atoms with E-state index in [2.05, 4.69) is 150 Å². The van der Waals surface area contributed by atoms with Crippen LogP contribution >= 0.6 is 0 Å². The smallest absolute Gasteiger partial charge is 0.0572 e. The lowest BCUT2D eigenvalue weighted by molar-refractivity contribution is 1.17. The summed E-state index contributed by atoms with van der Waals surface area (Å²) in [5.74, 6) is 0. The summed E-state index contributed by atoms with van der Waals surface area (Å²) in [6, 6.07) is 43.7. The molecule has 0 aliphatic rings. The number of hydrogen-bond acceptors (Lipinski definition) is 4. The Kier molecular flexibility index (Phi) is 6.77. The summed E-state index contributed by atoms with van der Waals surface area (Å²) in [7, 11) is 0. The second-order valence-electron chi connectivity index (χ2n) is 12.9. The van der Waals surface area contributed by atoms with Crippen LogP contribution in [0.25, 0.3) is 77.2 Å². The maximum Gasteiger partial charge on any atom is 0.0572 e. The highest BCUT2D eigenvalue weighted by molar-refractivity contribution is 6.09. The van der Waals surface area contributed by atoms with E-state index in [0.717, 1.165) is 61.4 Å². The third kappa shape index (κ3) is 4.96. The molecule has 6 heterocycles. The van der Waals surface area contributed by atoms with E-state index in [0.29, 0.717) is 0 Å². The molecule has 240 valence electrons. The SMILES string of the molecule is c1cc2c(cn1)c1cnccc1n2-c1ccc(-c2ccc(Cc3ccc(-c4ccc(-n5c6ccncc6c6cnccc65)cc4)cc3)cc2)cc1. The molecule has 0 aliphatic heterocycles. The molecule has 6 nitrogen and oxygen atoms in total. The lowest BCUT2D eigenvalue weighted by atomic mass is 9.98. The third-order valence-corrected chi connectivity index (χ3v) is 9.97. The van der Waals surface area contributed by atoms with Gasteiger partial charge in [0.15, 0.2) is 0 Å². The minimum Gasteiger partial charge on any atom is -0.309 e. The zero-order valence-electron chi connectivity index (χ0n) is 27.6. The van der Waals surface area contributed by atoms with Gasteiger partial charge in [0.1, 0.15) is 0 Å². The molecule has 4 aromatic carbocycles. The average Bonchev–Trinajstić information content (AvgIpc) is 3.72. The minimum absolute atomic E-state index is 0.882. The summed E-state index contributed by atoms with van der Waals surface area (Å²) in [5, 5.41) is 4.43. The molecule has 0 bridgehead atoms. The molecule has 0 atom stereocenters. The highest BCUT2D eigenvalue weighted by Crippen LogP contribution is 2.33. The normalized spacial score (nSPS) is 11.6. The highest BCUT2D eigenvalue weighted by atomic mass is 15.0. The molecule has 0 spiro atoms. The van der Waals surface area contributed by atoms with E-state index in [1.165, 1.54) is 33.4 Å². The second kappa shape index (κ2) is 11.9. The van der Waals surface area contributed by atoms with Crippen molar-refractivity contribution in [3.63, 3.8) is 0 Å². The first-order valence-electron chi connectivity index (χ1n) is 17.0. The van der Waals surface area contributed by atoms with Gasteiger partial charge >= 0.3 is 0 Å². The van der Waals surface area contributed by atoms with Gasteiger partial charge in [0.25, 0.3) is 0 Å². The fourth-order valence-corrected chi connectivity index (χ4v) is 7.45. The van der Waals surface area contributed by atoms with Gasteiger partial charge in [0.2, 0.25) is 0 Å². The van der Waals surface area contributed by atoms with E-state index in [1.807, 2.05) is 49.6 Å². The molecule has 0 saturated carbocycles. The summed E-state index contributed by atoms with van der Waals surface area (Å²) in [5.41, 5.74) is 14.1. The molecule has 0 N–H and O–H groups in total. The van der Waals surface area contributed by atoms with Crippen LogP contribution < -0.4 is 0 Å². The quantitative estimate of drug-likeness (QED) is 0.179. The third-order valence-electron chi connectivity index (χ3n) is 9.97. The van der Waals surface area contributed by atoms with Crippen molar-refractivity contribution in [1.29, 1.82) is 0 Å². The predicted octanol–water partition coefficient (Wildman–Crippen LogP) is 10.4. The topological polar surface area (TPSA) is 61.4 Å². The molecule has 0 amide bonds. The zero-order valence-corrected chi connectivity index (χ0v) is 27.6. The molecule has 6 heteroatoms. The van der Waals surface area contributed by atoms with E-state index in [-0.39, 0.29) is 0 Å². The summed E-state index contributed by atoms with van der Waals surface area (Å²) in [6.45, 7) is 0. The summed E-state index contributed by atoms with van der Waals surface area (Å²) < 4.78 is 4.56. The molecule has 0 radical (unpaired) electrons. The van der Waals surface area contributed by atoms with E-state index in [4.69, 9.17) is 0 Å². The number of fused-ring (bicyclic) bond motifs is 6. The van der Waals surface area contributed by atoms with Gasteiger partial charge in [0.05, 0.1) is 22.1 Å². The second-order valence-corrected chi connectivity index (χ2v) is 12.9. The van der Waals surface area contributed by atoms with E-state index >= 15 is 0 Å². The van der Waals surface area contributed by atoms with E-state index < -0.39 is 0 Å². The summed E-state index contributed by atoms with van der Waals surface area (Å²) in [4.78, 5) is 17.4. The molecular weight excluding hydrogens is 625 g/mol. The predicted molar refractivity (Wildman–Crippen MR) is 206 cm³/mol. The van der Waals surface area contributed by atoms with Crippen LogP contribution in [0.1, 0.15) is 11.1 Å². The highest BCUT2D eigenvalue weighted by Gasteiger charge is 2.14. The fraction of sp³-hybridized carbons (Fsp3) is 0.0222. The van der Waals surface area contributed by atoms with Gasteiger partial charge in [-0.2, -0.15) is 0 Å². The average molecular weight is 655 g/mol. The summed E-state index contributed by atoms with van der Waals surface area (Å²) in [6.07, 6.45) is 15.9. The Bertz CT molecular complexity index is 2540. The van der Waals surface area contributed by atoms with Crippen molar-refractivity contribution < 1.29 is 0 Å². The standard InChI is InChI=1S/C45H30N6/c1-5-32(34-9-13-36(14-10-34)50-42-17-21-46-26-38(42)39-27-47-22-18-43(39)50)6-2-30(1)25-31-3-7-33(8-4-31)35-11-15-37(16-12-35)51-44-19-23-48-28-40(44)41-29-49-24-20-45(41)51/h1-24,26-29H,25H2. The van der Waals surface area contributed by atoms with Crippen LogP contribution in [0.2, 0.25) is 0 Å². The van der Waals surface area contributed by atoms with E-state index in [1.54, 1.807) is 0 Å². The van der Waals surface area contributed by atoms with Gasteiger partial charge in [-0.25, -0.2) is 0 Å². The van der Waals surface area contributed by atoms with Crippen molar-refractivity contribution in [3.05, 3.63) is 182 Å². The molecule has 0 aliphatic carbocycles. The largest absolute Gasteiger partial charge is 0.309 e. The molecule has 51 heavy (non-hydrogen) atoms. The van der Waals surface area contributed by atoms with Crippen LogP contribution in [0.4, 0.5) is 0 Å². The Hall–Kier alpha value is -6.92. The lowest BCUT2D eigenvalue weighted by Crippen LogP contribution is -1.94. The van der Waals surface area contributed by atoms with Crippen LogP contribution in [-0.2, 0) is 6.42 Å². The Morgan fingerprint density at radius 1 is 0.314 bits per heavy atom. The van der Waals surface area contributed by atoms with Gasteiger partial charge in [-0.3, -0.25) is 19.9 Å². The van der Waals surface area contributed by atoms with Gasteiger partial charge in [-0.05, 0) is 88.3 Å². The van der Waals surface area contributed by atoms with Crippen LogP contribution in [0.3, 0.4) is 0 Å². The first kappa shape index (κ1) is 29.0. The summed E-state index contributed by atoms with van der Waals surface area (Å²) >= 11 is 0. The molecule has 0 unspecified atom stereocenters. The Morgan fingerprint density at radius 3 is 0.882 bits per heavy atom. The van der Waals surface area contributed by atoms with Gasteiger partial charge in [-0.1, -0.05) is 72.8 Å². The Morgan fingerprint density at radius 2 is 0.588 bits per heavy atom. The zero-order chi connectivity index (χ0) is 33.7. The van der Waals surface area contributed by atoms with Crippen LogP contribution in [-0.4, -0.2) is 29.1 Å². The molecular formula is C45H30N6. The number of aromatic nitrogens is 6. The first-order valence-corrected chi connectivity index (χ1v) is 17.0. The van der Waals surface area contributed by atoms with Crippen LogP contribution in [0, 0.1) is 0 Å². The maximum atomic E-state index is 4.35. The minimum atomic E-state index is 0.882. The first-order chi connectivity index (χ1) is 25.3. The van der Waals surface area contributed by atoms with Crippen molar-refractivity contribution >= 4 is 43.6 Å². The molecule has 10 rings (SSSR count). The number of rotatable bonds is 6. The van der Waals surface area contributed by atoms with Crippen molar-refractivity contribution in [1.82, 2.24) is 29.1 Å². The van der Waals surface area contributed by atoms with Gasteiger partial charge in [-0.15, -0.1) is 0 Å². The van der Waals surface area contributed by atoms with Crippen molar-refractivity contribution in [2.45, 2.75) is 6.42 Å². The lowest BCUT2D eigenvalue weighted by Gasteiger charge is -2.10. The molecule has 6 aromatic heterocycles. The molecule has 0 saturated heterocycles. The number of nitrogens with zero attached hydrogens (tertiary/aromatic N) is 6. The van der Waals surface area contributed by atoms with Gasteiger partial charge in [0, 0.05) is 82.5 Å². The molecule has 0 fully saturated rings. The van der Waals surface area contributed by atoms with Crippen molar-refractivity contribution in [2.24, 2.45) is 0 Å².